The summed E-state index contributed by atoms with van der Waals surface area (Å²) in [5.74, 6) is -0.696. The van der Waals surface area contributed by atoms with E-state index in [4.69, 9.17) is 4.42 Å². The van der Waals surface area contributed by atoms with Crippen LogP contribution in [-0.4, -0.2) is 50.2 Å². The molecule has 1 aromatic carbocycles. The fourth-order valence-corrected chi connectivity index (χ4v) is 6.68. The summed E-state index contributed by atoms with van der Waals surface area (Å²) >= 11 is 0. The molecule has 1 fully saturated rings. The molecular weight excluding hydrogens is 442 g/mol. The molecule has 3 rings (SSSR count). The Kier molecular flexibility index (Phi) is 8.31. The quantitative estimate of drug-likeness (QED) is 0.571. The number of aryl methyl sites for hydroxylation is 3. The van der Waals surface area contributed by atoms with E-state index in [1.54, 1.807) is 22.7 Å². The van der Waals surface area contributed by atoms with Crippen molar-refractivity contribution in [2.24, 2.45) is 0 Å². The van der Waals surface area contributed by atoms with Gasteiger partial charge in [-0.15, -0.1) is 0 Å². The molecule has 0 bridgehead atoms. The van der Waals surface area contributed by atoms with Crippen LogP contribution >= 0.6 is 0 Å². The molecule has 0 aliphatic carbocycles. The number of piperidine rings is 1. The third-order valence-electron chi connectivity index (χ3n) is 5.95. The minimum Gasteiger partial charge on any atom is -0.469 e. The summed E-state index contributed by atoms with van der Waals surface area (Å²) < 4.78 is 33.8. The van der Waals surface area contributed by atoms with Crippen LogP contribution in [0.5, 0.6) is 0 Å². The second-order valence-corrected chi connectivity index (χ2v) is 10.5. The number of rotatable bonds is 8. The van der Waals surface area contributed by atoms with E-state index < -0.39 is 21.8 Å². The van der Waals surface area contributed by atoms with Crippen LogP contribution in [0.15, 0.2) is 39.8 Å². The second kappa shape index (κ2) is 11.0. The Balaban J connectivity index is 1.56. The zero-order valence-electron chi connectivity index (χ0n) is 19.5. The maximum atomic E-state index is 13.5. The predicted molar refractivity (Wildman–Crippen MR) is 125 cm³/mol. The van der Waals surface area contributed by atoms with E-state index in [0.29, 0.717) is 30.8 Å². The van der Waals surface area contributed by atoms with E-state index in [9.17, 15) is 18.0 Å². The predicted octanol–water partition coefficient (Wildman–Crippen LogP) is 2.61. The Morgan fingerprint density at radius 1 is 1.06 bits per heavy atom. The van der Waals surface area contributed by atoms with Gasteiger partial charge in [0.1, 0.15) is 5.76 Å². The summed E-state index contributed by atoms with van der Waals surface area (Å²) in [4.78, 5) is 24.5. The van der Waals surface area contributed by atoms with Gasteiger partial charge in [0.15, 0.2) is 0 Å². The van der Waals surface area contributed by atoms with Crippen LogP contribution in [-0.2, 0) is 26.0 Å². The average Bonchev–Trinajstić information content (AvgIpc) is 3.26. The van der Waals surface area contributed by atoms with Gasteiger partial charge in [0.25, 0.3) is 0 Å². The molecule has 2 amide bonds. The first-order chi connectivity index (χ1) is 15.7. The SMILES string of the molecule is Cc1cc(C)c(S(=O)(=O)N2CCCC[C@H]2CCNC(=O)C(=O)NCCc2ccco2)c(C)c1. The summed E-state index contributed by atoms with van der Waals surface area (Å²) in [5.41, 5.74) is 2.52. The van der Waals surface area contributed by atoms with Gasteiger partial charge in [0, 0.05) is 32.1 Å². The van der Waals surface area contributed by atoms with E-state index in [1.807, 2.05) is 32.9 Å². The summed E-state index contributed by atoms with van der Waals surface area (Å²) in [5, 5.41) is 5.18. The highest BCUT2D eigenvalue weighted by molar-refractivity contribution is 7.89. The smallest absolute Gasteiger partial charge is 0.309 e. The number of carbonyl (C=O) groups is 2. The molecule has 0 radical (unpaired) electrons. The van der Waals surface area contributed by atoms with Gasteiger partial charge in [0.2, 0.25) is 10.0 Å². The van der Waals surface area contributed by atoms with Crippen LogP contribution in [0.3, 0.4) is 0 Å². The lowest BCUT2D eigenvalue weighted by molar-refractivity contribution is -0.139. The van der Waals surface area contributed by atoms with Crippen molar-refractivity contribution in [2.75, 3.05) is 19.6 Å². The first-order valence-corrected chi connectivity index (χ1v) is 12.8. The van der Waals surface area contributed by atoms with E-state index >= 15 is 0 Å². The molecule has 33 heavy (non-hydrogen) atoms. The number of benzene rings is 1. The third-order valence-corrected chi connectivity index (χ3v) is 8.21. The highest BCUT2D eigenvalue weighted by Crippen LogP contribution is 2.31. The molecule has 2 N–H and O–H groups in total. The van der Waals surface area contributed by atoms with E-state index in [1.165, 1.54) is 0 Å². The average molecular weight is 476 g/mol. The van der Waals surface area contributed by atoms with E-state index in [-0.39, 0.29) is 12.6 Å². The molecule has 0 saturated carbocycles. The third kappa shape index (κ3) is 6.23. The summed E-state index contributed by atoms with van der Waals surface area (Å²) in [6.07, 6.45) is 4.98. The molecule has 9 heteroatoms. The molecule has 2 heterocycles. The minimum absolute atomic E-state index is 0.217. The largest absolute Gasteiger partial charge is 0.469 e. The second-order valence-electron chi connectivity index (χ2n) is 8.62. The van der Waals surface area contributed by atoms with Crippen molar-refractivity contribution in [1.29, 1.82) is 0 Å². The van der Waals surface area contributed by atoms with E-state index in [0.717, 1.165) is 41.7 Å². The van der Waals surface area contributed by atoms with Crippen LogP contribution in [0.1, 0.15) is 48.1 Å². The lowest BCUT2D eigenvalue weighted by Gasteiger charge is -2.35. The first-order valence-electron chi connectivity index (χ1n) is 11.4. The van der Waals surface area contributed by atoms with Crippen LogP contribution < -0.4 is 10.6 Å². The number of nitrogens with one attached hydrogen (secondary N) is 2. The van der Waals surface area contributed by atoms with Gasteiger partial charge in [-0.05, 0) is 63.3 Å². The van der Waals surface area contributed by atoms with Gasteiger partial charge in [-0.2, -0.15) is 4.31 Å². The van der Waals surface area contributed by atoms with Crippen LogP contribution in [0.25, 0.3) is 0 Å². The summed E-state index contributed by atoms with van der Waals surface area (Å²) in [6, 6.07) is 7.13. The topological polar surface area (TPSA) is 109 Å². The van der Waals surface area contributed by atoms with Crippen molar-refractivity contribution >= 4 is 21.8 Å². The van der Waals surface area contributed by atoms with Gasteiger partial charge in [-0.25, -0.2) is 8.42 Å². The maximum Gasteiger partial charge on any atom is 0.309 e. The van der Waals surface area contributed by atoms with Gasteiger partial charge < -0.3 is 15.1 Å². The molecule has 0 unspecified atom stereocenters. The molecule has 1 saturated heterocycles. The number of sulfonamides is 1. The Labute approximate surface area is 195 Å². The van der Waals surface area contributed by atoms with Crippen LogP contribution in [0.2, 0.25) is 0 Å². The molecular formula is C24H33N3O5S. The first kappa shape index (κ1) is 25.0. The van der Waals surface area contributed by atoms with E-state index in [2.05, 4.69) is 10.6 Å². The summed E-state index contributed by atoms with van der Waals surface area (Å²) in [6.45, 7) is 6.60. The van der Waals surface area contributed by atoms with Crippen molar-refractivity contribution in [3.05, 3.63) is 53.0 Å². The number of nitrogens with zero attached hydrogens (tertiary/aromatic N) is 1. The van der Waals surface area contributed by atoms with Crippen LogP contribution in [0.4, 0.5) is 0 Å². The van der Waals surface area contributed by atoms with Gasteiger partial charge in [-0.1, -0.05) is 24.1 Å². The lowest BCUT2D eigenvalue weighted by Crippen LogP contribution is -2.46. The molecule has 1 aromatic heterocycles. The molecule has 0 spiro atoms. The van der Waals surface area contributed by atoms with Crippen molar-refractivity contribution in [3.63, 3.8) is 0 Å². The van der Waals surface area contributed by atoms with Crippen molar-refractivity contribution in [2.45, 2.75) is 63.8 Å². The van der Waals surface area contributed by atoms with Crippen molar-refractivity contribution < 1.29 is 22.4 Å². The fraction of sp³-hybridized carbons (Fsp3) is 0.500. The number of amides is 2. The standard InChI is InChI=1S/C24H33N3O5S/c1-17-15-18(2)22(19(3)16-17)33(30,31)27-13-5-4-7-20(27)9-11-25-23(28)24(29)26-12-10-21-8-6-14-32-21/h6,8,14-16,20H,4-5,7,9-13H2,1-3H3,(H,25,28)(H,26,29)/t20-/m0/s1. The number of hydrogen-bond acceptors (Lipinski definition) is 5. The highest BCUT2D eigenvalue weighted by atomic mass is 32.2. The Morgan fingerprint density at radius 2 is 1.73 bits per heavy atom. The van der Waals surface area contributed by atoms with Gasteiger partial charge >= 0.3 is 11.8 Å². The summed E-state index contributed by atoms with van der Waals surface area (Å²) in [7, 11) is -3.66. The Morgan fingerprint density at radius 3 is 2.36 bits per heavy atom. The number of hydrogen-bond donors (Lipinski definition) is 2. The normalized spacial score (nSPS) is 17.0. The van der Waals surface area contributed by atoms with Gasteiger partial charge in [-0.3, -0.25) is 9.59 Å². The zero-order chi connectivity index (χ0) is 24.0. The highest BCUT2D eigenvalue weighted by Gasteiger charge is 2.35. The minimum atomic E-state index is -3.66. The molecule has 1 atom stereocenters. The lowest BCUT2D eigenvalue weighted by atomic mass is 10.0. The number of carbonyl (C=O) groups excluding carboxylic acids is 2. The van der Waals surface area contributed by atoms with Gasteiger partial charge in [0.05, 0.1) is 11.2 Å². The zero-order valence-corrected chi connectivity index (χ0v) is 20.3. The number of furan rings is 1. The maximum absolute atomic E-state index is 13.5. The fourth-order valence-electron chi connectivity index (χ4n) is 4.54. The monoisotopic (exact) mass is 475 g/mol. The van der Waals surface area contributed by atoms with Crippen molar-refractivity contribution in [3.8, 4) is 0 Å². The molecule has 2 aromatic rings. The molecule has 180 valence electrons. The molecule has 8 nitrogen and oxygen atoms in total. The molecule has 1 aliphatic rings. The van der Waals surface area contributed by atoms with Crippen LogP contribution in [0, 0.1) is 20.8 Å². The Hall–Kier alpha value is -2.65. The molecule has 1 aliphatic heterocycles. The Bertz CT molecular complexity index is 1060. The van der Waals surface area contributed by atoms with Crippen molar-refractivity contribution in [1.82, 2.24) is 14.9 Å².